The molecule has 2 aromatic rings. The first kappa shape index (κ1) is 15.0. The van der Waals surface area contributed by atoms with Gasteiger partial charge in [0.05, 0.1) is 4.88 Å². The van der Waals surface area contributed by atoms with Crippen molar-refractivity contribution in [1.82, 2.24) is 4.98 Å². The highest BCUT2D eigenvalue weighted by Gasteiger charge is 2.24. The van der Waals surface area contributed by atoms with Crippen molar-refractivity contribution in [2.75, 3.05) is 0 Å². The lowest BCUT2D eigenvalue weighted by atomic mass is 10.1. The third kappa shape index (κ3) is 3.58. The minimum atomic E-state index is -0.558. The summed E-state index contributed by atoms with van der Waals surface area (Å²) < 4.78 is 5.71. The standard InChI is InChI=1S/C15H16ClNO2S/c1-9-6-5-7-10(8-9)12-11(17-14(16)20-12)13(18)19-15(2,3)4/h5-8H,1-4H3. The lowest BCUT2D eigenvalue weighted by Crippen LogP contribution is -2.24. The fraction of sp³-hybridized carbons (Fsp3) is 0.333. The molecule has 0 fully saturated rings. The van der Waals surface area contributed by atoms with Crippen LogP contribution in [0.2, 0.25) is 4.47 Å². The molecular weight excluding hydrogens is 294 g/mol. The molecule has 0 saturated carbocycles. The largest absolute Gasteiger partial charge is 0.455 e. The predicted octanol–water partition coefficient (Wildman–Crippen LogP) is 4.73. The van der Waals surface area contributed by atoms with Gasteiger partial charge in [0.1, 0.15) is 5.60 Å². The summed E-state index contributed by atoms with van der Waals surface area (Å²) in [6.45, 7) is 7.47. The Morgan fingerprint density at radius 3 is 2.65 bits per heavy atom. The van der Waals surface area contributed by atoms with Gasteiger partial charge in [-0.3, -0.25) is 0 Å². The zero-order chi connectivity index (χ0) is 14.9. The maximum Gasteiger partial charge on any atom is 0.359 e. The molecule has 0 atom stereocenters. The molecule has 106 valence electrons. The van der Waals surface area contributed by atoms with E-state index in [9.17, 15) is 4.79 Å². The second-order valence-corrected chi connectivity index (χ2v) is 7.10. The number of esters is 1. The molecule has 1 aromatic carbocycles. The lowest BCUT2D eigenvalue weighted by molar-refractivity contribution is 0.00646. The second kappa shape index (κ2) is 5.54. The van der Waals surface area contributed by atoms with E-state index in [4.69, 9.17) is 16.3 Å². The first-order chi connectivity index (χ1) is 9.26. The van der Waals surface area contributed by atoms with Crippen molar-refractivity contribution in [3.8, 4) is 10.4 Å². The van der Waals surface area contributed by atoms with Crippen molar-refractivity contribution in [2.24, 2.45) is 0 Å². The Morgan fingerprint density at radius 2 is 2.05 bits per heavy atom. The van der Waals surface area contributed by atoms with E-state index in [0.717, 1.165) is 16.0 Å². The SMILES string of the molecule is Cc1cccc(-c2sc(Cl)nc2C(=O)OC(C)(C)C)c1. The number of halogens is 1. The maximum absolute atomic E-state index is 12.2. The molecule has 0 radical (unpaired) electrons. The van der Waals surface area contributed by atoms with Crippen molar-refractivity contribution in [3.05, 3.63) is 40.0 Å². The third-order valence-corrected chi connectivity index (χ3v) is 3.68. The molecule has 1 aromatic heterocycles. The maximum atomic E-state index is 12.2. The molecule has 0 bridgehead atoms. The Kier molecular flexibility index (Phi) is 4.16. The average Bonchev–Trinajstić information content (AvgIpc) is 2.69. The minimum absolute atomic E-state index is 0.278. The van der Waals surface area contributed by atoms with Crippen LogP contribution >= 0.6 is 22.9 Å². The second-order valence-electron chi connectivity index (χ2n) is 5.52. The van der Waals surface area contributed by atoms with Crippen LogP contribution < -0.4 is 0 Å². The summed E-state index contributed by atoms with van der Waals surface area (Å²) in [6.07, 6.45) is 0. The Labute approximate surface area is 127 Å². The van der Waals surface area contributed by atoms with Crippen LogP contribution in [0.25, 0.3) is 10.4 Å². The topological polar surface area (TPSA) is 39.2 Å². The van der Waals surface area contributed by atoms with Crippen LogP contribution in [0.4, 0.5) is 0 Å². The number of ether oxygens (including phenoxy) is 1. The molecule has 0 aliphatic carbocycles. The van der Waals surface area contributed by atoms with Crippen molar-refractivity contribution < 1.29 is 9.53 Å². The Morgan fingerprint density at radius 1 is 1.35 bits per heavy atom. The fourth-order valence-electron chi connectivity index (χ4n) is 1.74. The van der Waals surface area contributed by atoms with Crippen LogP contribution in [0.15, 0.2) is 24.3 Å². The van der Waals surface area contributed by atoms with Gasteiger partial charge in [-0.1, -0.05) is 41.4 Å². The Hall–Kier alpha value is -1.39. The molecule has 0 spiro atoms. The number of aryl methyl sites for hydroxylation is 1. The van der Waals surface area contributed by atoms with Gasteiger partial charge in [0, 0.05) is 0 Å². The van der Waals surface area contributed by atoms with Crippen molar-refractivity contribution >= 4 is 28.9 Å². The monoisotopic (exact) mass is 309 g/mol. The molecule has 0 aliphatic rings. The van der Waals surface area contributed by atoms with Crippen molar-refractivity contribution in [2.45, 2.75) is 33.3 Å². The highest BCUT2D eigenvalue weighted by atomic mass is 35.5. The summed E-state index contributed by atoms with van der Waals surface area (Å²) in [4.78, 5) is 17.1. The number of benzene rings is 1. The smallest absolute Gasteiger partial charge is 0.359 e. The van der Waals surface area contributed by atoms with Crippen LogP contribution in [0.1, 0.15) is 36.8 Å². The van der Waals surface area contributed by atoms with Gasteiger partial charge < -0.3 is 4.74 Å². The zero-order valence-corrected chi connectivity index (χ0v) is 13.4. The number of carbonyl (C=O) groups excluding carboxylic acids is 1. The van der Waals surface area contributed by atoms with Crippen LogP contribution in [0.5, 0.6) is 0 Å². The molecule has 2 rings (SSSR count). The number of thiazole rings is 1. The molecule has 1 heterocycles. The molecule has 0 amide bonds. The van der Waals surface area contributed by atoms with Gasteiger partial charge in [0.15, 0.2) is 10.2 Å². The molecular formula is C15H16ClNO2S. The number of nitrogens with zero attached hydrogens (tertiary/aromatic N) is 1. The van der Waals surface area contributed by atoms with Crippen molar-refractivity contribution in [3.63, 3.8) is 0 Å². The molecule has 20 heavy (non-hydrogen) atoms. The number of aromatic nitrogens is 1. The van der Waals surface area contributed by atoms with Crippen molar-refractivity contribution in [1.29, 1.82) is 0 Å². The quantitative estimate of drug-likeness (QED) is 0.753. The molecule has 3 nitrogen and oxygen atoms in total. The zero-order valence-electron chi connectivity index (χ0n) is 11.9. The summed E-state index contributed by atoms with van der Waals surface area (Å²) in [5.74, 6) is -0.447. The minimum Gasteiger partial charge on any atom is -0.455 e. The lowest BCUT2D eigenvalue weighted by Gasteiger charge is -2.19. The molecule has 0 aliphatic heterocycles. The van der Waals surface area contributed by atoms with Gasteiger partial charge >= 0.3 is 5.97 Å². The highest BCUT2D eigenvalue weighted by molar-refractivity contribution is 7.19. The van der Waals surface area contributed by atoms with E-state index in [1.165, 1.54) is 11.3 Å². The number of hydrogen-bond acceptors (Lipinski definition) is 4. The van der Waals surface area contributed by atoms with Gasteiger partial charge in [0.2, 0.25) is 0 Å². The van der Waals surface area contributed by atoms with E-state index in [1.54, 1.807) is 0 Å². The van der Waals surface area contributed by atoms with E-state index in [1.807, 2.05) is 52.0 Å². The first-order valence-electron chi connectivity index (χ1n) is 6.23. The highest BCUT2D eigenvalue weighted by Crippen LogP contribution is 2.34. The summed E-state index contributed by atoms with van der Waals surface area (Å²) in [6, 6.07) is 7.87. The van der Waals surface area contributed by atoms with E-state index >= 15 is 0 Å². The van der Waals surface area contributed by atoms with Crippen LogP contribution in [0, 0.1) is 6.92 Å². The Balaban J connectivity index is 2.43. The summed E-state index contributed by atoms with van der Waals surface area (Å²) in [7, 11) is 0. The van der Waals surface area contributed by atoms with Gasteiger partial charge in [0.25, 0.3) is 0 Å². The Bertz CT molecular complexity index is 644. The number of carbonyl (C=O) groups is 1. The van der Waals surface area contributed by atoms with Gasteiger partial charge in [-0.15, -0.1) is 11.3 Å². The van der Waals surface area contributed by atoms with Gasteiger partial charge in [-0.05, 0) is 33.3 Å². The fourth-order valence-corrected chi connectivity index (χ4v) is 2.83. The third-order valence-electron chi connectivity index (χ3n) is 2.47. The van der Waals surface area contributed by atoms with Crippen LogP contribution in [-0.2, 0) is 4.74 Å². The summed E-state index contributed by atoms with van der Waals surface area (Å²) in [5, 5.41) is 0. The molecule has 5 heteroatoms. The van der Waals surface area contributed by atoms with Gasteiger partial charge in [-0.2, -0.15) is 0 Å². The van der Waals surface area contributed by atoms with E-state index < -0.39 is 11.6 Å². The summed E-state index contributed by atoms with van der Waals surface area (Å²) in [5.41, 5.74) is 1.76. The van der Waals surface area contributed by atoms with E-state index in [2.05, 4.69) is 4.98 Å². The molecule has 0 unspecified atom stereocenters. The van der Waals surface area contributed by atoms with Gasteiger partial charge in [-0.25, -0.2) is 9.78 Å². The molecule has 0 saturated heterocycles. The predicted molar refractivity (Wildman–Crippen MR) is 82.5 cm³/mol. The number of rotatable bonds is 2. The number of hydrogen-bond donors (Lipinski definition) is 0. The normalized spacial score (nSPS) is 11.4. The van der Waals surface area contributed by atoms with E-state index in [-0.39, 0.29) is 5.69 Å². The molecule has 0 N–H and O–H groups in total. The van der Waals surface area contributed by atoms with Crippen LogP contribution in [0.3, 0.4) is 0 Å². The first-order valence-corrected chi connectivity index (χ1v) is 7.42. The average molecular weight is 310 g/mol. The summed E-state index contributed by atoms with van der Waals surface area (Å²) >= 11 is 7.25. The van der Waals surface area contributed by atoms with E-state index in [0.29, 0.717) is 4.47 Å². The van der Waals surface area contributed by atoms with Crippen LogP contribution in [-0.4, -0.2) is 16.6 Å².